The number of amides is 1. The Morgan fingerprint density at radius 3 is 2.59 bits per heavy atom. The lowest BCUT2D eigenvalue weighted by molar-refractivity contribution is -0.137. The van der Waals surface area contributed by atoms with E-state index in [2.05, 4.69) is 15.4 Å². The van der Waals surface area contributed by atoms with Crippen molar-refractivity contribution in [3.05, 3.63) is 65.7 Å². The second-order valence-electron chi connectivity index (χ2n) is 6.02. The summed E-state index contributed by atoms with van der Waals surface area (Å²) in [4.78, 5) is 17.1. The fourth-order valence-corrected chi connectivity index (χ4v) is 3.49. The molecule has 0 aliphatic carbocycles. The van der Waals surface area contributed by atoms with Gasteiger partial charge in [-0.2, -0.15) is 18.3 Å². The zero-order valence-corrected chi connectivity index (χ0v) is 16.6. The minimum Gasteiger partial charge on any atom is -0.324 e. The molecule has 0 saturated carbocycles. The molecular formula is C19H16ClF3N4OS. The predicted molar refractivity (Wildman–Crippen MR) is 106 cm³/mol. The van der Waals surface area contributed by atoms with Crippen molar-refractivity contribution in [3.63, 3.8) is 0 Å². The van der Waals surface area contributed by atoms with Crippen LogP contribution in [0.15, 0.2) is 60.0 Å². The Morgan fingerprint density at radius 2 is 1.93 bits per heavy atom. The van der Waals surface area contributed by atoms with Crippen molar-refractivity contribution >= 4 is 35.0 Å². The molecule has 0 unspecified atom stereocenters. The van der Waals surface area contributed by atoms with E-state index in [1.54, 1.807) is 23.9 Å². The number of aromatic nitrogens is 3. The summed E-state index contributed by atoms with van der Waals surface area (Å²) in [7, 11) is 0. The van der Waals surface area contributed by atoms with Gasteiger partial charge < -0.3 is 5.32 Å². The minimum atomic E-state index is -4.52. The lowest BCUT2D eigenvalue weighted by atomic mass is 10.1. The molecule has 0 saturated heterocycles. The van der Waals surface area contributed by atoms with Gasteiger partial charge in [0, 0.05) is 16.3 Å². The van der Waals surface area contributed by atoms with Crippen molar-refractivity contribution in [2.45, 2.75) is 23.9 Å². The molecule has 1 aromatic heterocycles. The second kappa shape index (κ2) is 9.32. The van der Waals surface area contributed by atoms with Gasteiger partial charge in [0.05, 0.1) is 16.9 Å². The maximum atomic E-state index is 13.1. The van der Waals surface area contributed by atoms with E-state index in [1.807, 2.05) is 12.1 Å². The minimum absolute atomic E-state index is 0.0284. The second-order valence-corrected chi connectivity index (χ2v) is 7.63. The Bertz CT molecular complexity index is 963. The number of rotatable bonds is 7. The van der Waals surface area contributed by atoms with Crippen molar-refractivity contribution in [2.24, 2.45) is 0 Å². The number of carbonyl (C=O) groups excluding carboxylic acids is 1. The fraction of sp³-hybridized carbons (Fsp3) is 0.211. The van der Waals surface area contributed by atoms with Crippen molar-refractivity contribution < 1.29 is 18.0 Å². The number of thioether (sulfide) groups is 1. The van der Waals surface area contributed by atoms with Crippen LogP contribution in [0.2, 0.25) is 5.02 Å². The van der Waals surface area contributed by atoms with Crippen molar-refractivity contribution in [3.8, 4) is 5.69 Å². The normalized spacial score (nSPS) is 11.4. The molecule has 1 N–H and O–H groups in total. The molecule has 0 spiro atoms. The summed E-state index contributed by atoms with van der Waals surface area (Å²) >= 11 is 7.41. The van der Waals surface area contributed by atoms with E-state index in [1.165, 1.54) is 23.4 Å². The van der Waals surface area contributed by atoms with Crippen LogP contribution in [0.3, 0.4) is 0 Å². The molecule has 0 aliphatic heterocycles. The van der Waals surface area contributed by atoms with Gasteiger partial charge in [-0.15, -0.1) is 11.8 Å². The summed E-state index contributed by atoms with van der Waals surface area (Å²) in [6, 6.07) is 10.4. The van der Waals surface area contributed by atoms with Gasteiger partial charge in [-0.25, -0.2) is 9.67 Å². The third-order valence-electron chi connectivity index (χ3n) is 3.89. The summed E-state index contributed by atoms with van der Waals surface area (Å²) < 4.78 is 40.5. The first kappa shape index (κ1) is 21.2. The molecule has 0 fully saturated rings. The first-order valence-electron chi connectivity index (χ1n) is 8.57. The van der Waals surface area contributed by atoms with E-state index >= 15 is 0 Å². The zero-order valence-electron chi connectivity index (χ0n) is 15.0. The van der Waals surface area contributed by atoms with E-state index < -0.39 is 11.7 Å². The lowest BCUT2D eigenvalue weighted by Gasteiger charge is -2.14. The van der Waals surface area contributed by atoms with Crippen LogP contribution in [0.1, 0.15) is 18.4 Å². The molecule has 2 aromatic carbocycles. The molecule has 10 heteroatoms. The topological polar surface area (TPSA) is 59.8 Å². The third kappa shape index (κ3) is 5.98. The smallest absolute Gasteiger partial charge is 0.324 e. The molecule has 3 aromatic rings. The highest BCUT2D eigenvalue weighted by molar-refractivity contribution is 7.99. The van der Waals surface area contributed by atoms with Crippen LogP contribution >= 0.6 is 23.4 Å². The Labute approximate surface area is 174 Å². The lowest BCUT2D eigenvalue weighted by Crippen LogP contribution is -2.15. The van der Waals surface area contributed by atoms with Crippen LogP contribution < -0.4 is 5.32 Å². The largest absolute Gasteiger partial charge is 0.416 e. The molecule has 5 nitrogen and oxygen atoms in total. The molecular weight excluding hydrogens is 425 g/mol. The number of hydrogen-bond donors (Lipinski definition) is 1. The van der Waals surface area contributed by atoms with Gasteiger partial charge >= 0.3 is 6.18 Å². The van der Waals surface area contributed by atoms with Crippen LogP contribution in [0, 0.1) is 0 Å². The van der Waals surface area contributed by atoms with Crippen LogP contribution in [0.25, 0.3) is 5.69 Å². The van der Waals surface area contributed by atoms with E-state index in [-0.39, 0.29) is 18.0 Å². The van der Waals surface area contributed by atoms with Crippen LogP contribution in [-0.2, 0) is 11.0 Å². The van der Waals surface area contributed by atoms with Gasteiger partial charge in [0.25, 0.3) is 0 Å². The molecule has 0 atom stereocenters. The average molecular weight is 441 g/mol. The fourth-order valence-electron chi connectivity index (χ4n) is 2.51. The van der Waals surface area contributed by atoms with E-state index in [9.17, 15) is 18.0 Å². The third-order valence-corrected chi connectivity index (χ3v) is 5.24. The maximum Gasteiger partial charge on any atom is 0.416 e. The van der Waals surface area contributed by atoms with Gasteiger partial charge in [0.1, 0.15) is 12.7 Å². The molecule has 152 valence electrons. The standard InChI is InChI=1S/C19H16ClF3N4OS/c20-14-4-6-15(7-5-14)29-9-1-2-18(28)26-16-10-13(19(21,22)23)3-8-17(16)27-12-24-11-25-27/h3-8,10-12H,1-2,9H2,(H,26,28). The number of alkyl halides is 3. The molecule has 1 heterocycles. The first-order valence-corrected chi connectivity index (χ1v) is 9.94. The van der Waals surface area contributed by atoms with Gasteiger partial charge in [0.15, 0.2) is 0 Å². The molecule has 1 amide bonds. The number of hydrogen-bond acceptors (Lipinski definition) is 4. The van der Waals surface area contributed by atoms with Gasteiger partial charge in [-0.3, -0.25) is 4.79 Å². The van der Waals surface area contributed by atoms with Gasteiger partial charge in [0.2, 0.25) is 5.91 Å². The number of carbonyl (C=O) groups is 1. The number of nitrogens with one attached hydrogen (secondary N) is 1. The van der Waals surface area contributed by atoms with E-state index in [0.717, 1.165) is 17.0 Å². The SMILES string of the molecule is O=C(CCCSc1ccc(Cl)cc1)Nc1cc(C(F)(F)F)ccc1-n1cncn1. The summed E-state index contributed by atoms with van der Waals surface area (Å²) in [5.41, 5.74) is -0.518. The van der Waals surface area contributed by atoms with Crippen molar-refractivity contribution in [2.75, 3.05) is 11.1 Å². The quantitative estimate of drug-likeness (QED) is 0.392. The molecule has 29 heavy (non-hydrogen) atoms. The van der Waals surface area contributed by atoms with Crippen LogP contribution in [0.5, 0.6) is 0 Å². The number of anilines is 1. The van der Waals surface area contributed by atoms with Crippen molar-refractivity contribution in [1.29, 1.82) is 0 Å². The predicted octanol–water partition coefficient (Wildman–Crippen LogP) is 5.45. The summed E-state index contributed by atoms with van der Waals surface area (Å²) in [6.07, 6.45) is -1.17. The Hall–Kier alpha value is -2.52. The summed E-state index contributed by atoms with van der Waals surface area (Å²) in [5.74, 6) is 0.315. The molecule has 0 bridgehead atoms. The Balaban J connectivity index is 1.63. The molecule has 3 rings (SSSR count). The summed E-state index contributed by atoms with van der Waals surface area (Å²) in [6.45, 7) is 0. The Morgan fingerprint density at radius 1 is 1.17 bits per heavy atom. The van der Waals surface area contributed by atoms with E-state index in [4.69, 9.17) is 11.6 Å². The monoisotopic (exact) mass is 440 g/mol. The highest BCUT2D eigenvalue weighted by Crippen LogP contribution is 2.33. The number of halogens is 4. The van der Waals surface area contributed by atoms with Gasteiger partial charge in [-0.1, -0.05) is 11.6 Å². The zero-order chi connectivity index (χ0) is 20.9. The molecule has 0 aliphatic rings. The highest BCUT2D eigenvalue weighted by atomic mass is 35.5. The van der Waals surface area contributed by atoms with Crippen LogP contribution in [0.4, 0.5) is 18.9 Å². The number of benzene rings is 2. The highest BCUT2D eigenvalue weighted by Gasteiger charge is 2.31. The first-order chi connectivity index (χ1) is 13.8. The number of nitrogens with zero attached hydrogens (tertiary/aromatic N) is 3. The Kier molecular flexibility index (Phi) is 6.81. The molecule has 0 radical (unpaired) electrons. The average Bonchev–Trinajstić information content (AvgIpc) is 3.20. The maximum absolute atomic E-state index is 13.1. The van der Waals surface area contributed by atoms with Crippen LogP contribution in [-0.4, -0.2) is 26.4 Å². The summed E-state index contributed by atoms with van der Waals surface area (Å²) in [5, 5.41) is 7.14. The van der Waals surface area contributed by atoms with Crippen molar-refractivity contribution in [1.82, 2.24) is 14.8 Å². The van der Waals surface area contributed by atoms with Gasteiger partial charge in [-0.05, 0) is 54.6 Å². The van der Waals surface area contributed by atoms with E-state index in [0.29, 0.717) is 22.9 Å².